The smallest absolute Gasteiger partial charge is 0.302 e. The summed E-state index contributed by atoms with van der Waals surface area (Å²) in [6.45, 7) is 3.60. The van der Waals surface area contributed by atoms with Gasteiger partial charge in [-0.25, -0.2) is 9.88 Å². The monoisotopic (exact) mass is 392 g/mol. The number of ketones is 1. The minimum absolute atomic E-state index is 0.190. The summed E-state index contributed by atoms with van der Waals surface area (Å²) >= 11 is 1.24. The van der Waals surface area contributed by atoms with Crippen molar-refractivity contribution in [2.24, 2.45) is 10.9 Å². The van der Waals surface area contributed by atoms with E-state index in [1.165, 1.54) is 11.3 Å². The zero-order valence-corrected chi connectivity index (χ0v) is 16.0. The molecule has 140 valence electrons. The number of anilines is 1. The Hall–Kier alpha value is -3.39. The van der Waals surface area contributed by atoms with E-state index in [9.17, 15) is 14.4 Å². The predicted octanol–water partition coefficient (Wildman–Crippen LogP) is 2.45. The third-order valence-corrected chi connectivity index (χ3v) is 5.77. The third kappa shape index (κ3) is 2.69. The zero-order chi connectivity index (χ0) is 20.0. The number of Topliss-reactive ketones (excluding diaryl/α,β-unsaturated/α-hetero) is 1. The van der Waals surface area contributed by atoms with Crippen LogP contribution in [0.5, 0.6) is 0 Å². The van der Waals surface area contributed by atoms with Crippen LogP contribution in [0.3, 0.4) is 0 Å². The van der Waals surface area contributed by atoms with Crippen LogP contribution in [-0.2, 0) is 14.4 Å². The number of thiazole rings is 1. The molecule has 3 aromatic rings. The van der Waals surface area contributed by atoms with Gasteiger partial charge in [-0.2, -0.15) is 5.10 Å². The highest BCUT2D eigenvalue weighted by Gasteiger charge is 2.48. The van der Waals surface area contributed by atoms with E-state index >= 15 is 0 Å². The minimum atomic E-state index is -1.19. The molecule has 1 aromatic heterocycles. The van der Waals surface area contributed by atoms with Gasteiger partial charge < -0.3 is 5.84 Å². The number of piperidine rings is 1. The van der Waals surface area contributed by atoms with Crippen LogP contribution in [0.2, 0.25) is 0 Å². The molecule has 0 radical (unpaired) electrons. The highest BCUT2D eigenvalue weighted by molar-refractivity contribution is 7.19. The summed E-state index contributed by atoms with van der Waals surface area (Å²) in [6, 6.07) is 12.7. The first-order valence-electron chi connectivity index (χ1n) is 8.55. The van der Waals surface area contributed by atoms with E-state index in [0.717, 1.165) is 15.2 Å². The molecule has 1 saturated heterocycles. The standard InChI is InChI=1S/C20H16N4O3S/c1-10-7-8-11(2)13(9-10)24-19(26)16(23-21)15(17(25)20(24)27)18-22-12-5-3-4-6-14(12)28-18/h3-9,15H,21H2,1-2H3/b23-16-/t15-/m1/s1. The van der Waals surface area contributed by atoms with E-state index in [1.807, 2.05) is 31.2 Å². The van der Waals surface area contributed by atoms with Gasteiger partial charge in [-0.15, -0.1) is 11.3 Å². The molecule has 1 aliphatic rings. The van der Waals surface area contributed by atoms with E-state index in [2.05, 4.69) is 10.1 Å². The lowest BCUT2D eigenvalue weighted by Gasteiger charge is -2.29. The summed E-state index contributed by atoms with van der Waals surface area (Å²) in [5, 5.41) is 3.92. The molecule has 8 heteroatoms. The van der Waals surface area contributed by atoms with Gasteiger partial charge in [0.15, 0.2) is 0 Å². The molecule has 0 saturated carbocycles. The van der Waals surface area contributed by atoms with Crippen molar-refractivity contribution in [3.05, 3.63) is 58.6 Å². The molecule has 0 bridgehead atoms. The quantitative estimate of drug-likeness (QED) is 0.312. The Labute approximate surface area is 164 Å². The van der Waals surface area contributed by atoms with Crippen LogP contribution < -0.4 is 10.7 Å². The van der Waals surface area contributed by atoms with Crippen LogP contribution in [0.15, 0.2) is 47.6 Å². The molecule has 0 aliphatic carbocycles. The fraction of sp³-hybridized carbons (Fsp3) is 0.150. The Balaban J connectivity index is 1.83. The molecule has 0 spiro atoms. The van der Waals surface area contributed by atoms with Crippen LogP contribution in [0.25, 0.3) is 10.2 Å². The van der Waals surface area contributed by atoms with Gasteiger partial charge in [-0.1, -0.05) is 24.3 Å². The summed E-state index contributed by atoms with van der Waals surface area (Å²) in [5.74, 6) is 1.91. The first kappa shape index (κ1) is 18.0. The second-order valence-corrected chi connectivity index (χ2v) is 7.63. The first-order valence-corrected chi connectivity index (χ1v) is 9.37. The lowest BCUT2D eigenvalue weighted by Crippen LogP contribution is -2.55. The molecule has 7 nitrogen and oxygen atoms in total. The number of hydrogen-bond donors (Lipinski definition) is 1. The Morgan fingerprint density at radius 1 is 1.07 bits per heavy atom. The maximum absolute atomic E-state index is 13.1. The zero-order valence-electron chi connectivity index (χ0n) is 15.2. The largest absolute Gasteiger partial charge is 0.323 e. The van der Waals surface area contributed by atoms with Crippen molar-refractivity contribution in [3.8, 4) is 0 Å². The minimum Gasteiger partial charge on any atom is -0.323 e. The molecule has 4 rings (SSSR count). The Morgan fingerprint density at radius 3 is 2.54 bits per heavy atom. The van der Waals surface area contributed by atoms with Gasteiger partial charge in [0, 0.05) is 0 Å². The molecule has 28 heavy (non-hydrogen) atoms. The van der Waals surface area contributed by atoms with Gasteiger partial charge >= 0.3 is 5.91 Å². The van der Waals surface area contributed by atoms with Crippen LogP contribution in [0, 0.1) is 13.8 Å². The average Bonchev–Trinajstić information content (AvgIpc) is 3.10. The van der Waals surface area contributed by atoms with Crippen molar-refractivity contribution in [2.75, 3.05) is 4.90 Å². The molecule has 2 aromatic carbocycles. The first-order chi connectivity index (χ1) is 13.4. The van der Waals surface area contributed by atoms with E-state index in [1.54, 1.807) is 25.1 Å². The number of amides is 2. The van der Waals surface area contributed by atoms with E-state index in [-0.39, 0.29) is 5.71 Å². The van der Waals surface area contributed by atoms with Gasteiger partial charge in [-0.3, -0.25) is 14.4 Å². The Morgan fingerprint density at radius 2 is 1.82 bits per heavy atom. The number of carbonyl (C=O) groups excluding carboxylic acids is 3. The molecular weight excluding hydrogens is 376 g/mol. The lowest BCUT2D eigenvalue weighted by molar-refractivity contribution is -0.139. The number of benzene rings is 2. The van der Waals surface area contributed by atoms with E-state index < -0.39 is 23.5 Å². The number of para-hydroxylation sites is 1. The SMILES string of the molecule is Cc1ccc(C)c(N2C(=O)C(=O)[C@H](c3nc4ccccc4s3)/C(=N/N)C2=O)c1. The fourth-order valence-corrected chi connectivity index (χ4v) is 4.31. The Kier molecular flexibility index (Phi) is 4.27. The maximum atomic E-state index is 13.1. The molecular formula is C20H16N4O3S. The van der Waals surface area contributed by atoms with Crippen molar-refractivity contribution in [3.63, 3.8) is 0 Å². The normalized spacial score (nSPS) is 19.1. The van der Waals surface area contributed by atoms with Crippen LogP contribution in [0.4, 0.5) is 5.69 Å². The van der Waals surface area contributed by atoms with Gasteiger partial charge in [0.1, 0.15) is 16.6 Å². The fourth-order valence-electron chi connectivity index (χ4n) is 3.24. The van der Waals surface area contributed by atoms with Crippen LogP contribution >= 0.6 is 11.3 Å². The Bertz CT molecular complexity index is 1150. The molecule has 2 heterocycles. The van der Waals surface area contributed by atoms with E-state index in [0.29, 0.717) is 21.8 Å². The molecule has 0 unspecified atom stereocenters. The highest BCUT2D eigenvalue weighted by Crippen LogP contribution is 2.34. The predicted molar refractivity (Wildman–Crippen MR) is 107 cm³/mol. The summed E-state index contributed by atoms with van der Waals surface area (Å²) in [5.41, 5.74) is 2.39. The van der Waals surface area contributed by atoms with Crippen molar-refractivity contribution >= 4 is 50.6 Å². The van der Waals surface area contributed by atoms with Crippen molar-refractivity contribution in [1.82, 2.24) is 4.98 Å². The van der Waals surface area contributed by atoms with Crippen molar-refractivity contribution in [1.29, 1.82) is 0 Å². The second-order valence-electron chi connectivity index (χ2n) is 6.57. The average molecular weight is 392 g/mol. The number of hydrazone groups is 1. The number of nitrogens with two attached hydrogens (primary N) is 1. The molecule has 2 amide bonds. The number of aromatic nitrogens is 1. The van der Waals surface area contributed by atoms with Crippen molar-refractivity contribution < 1.29 is 14.4 Å². The van der Waals surface area contributed by atoms with E-state index in [4.69, 9.17) is 5.84 Å². The van der Waals surface area contributed by atoms with Gasteiger partial charge in [0.05, 0.1) is 15.9 Å². The number of rotatable bonds is 2. The second kappa shape index (κ2) is 6.65. The number of fused-ring (bicyclic) bond motifs is 1. The van der Waals surface area contributed by atoms with Gasteiger partial charge in [-0.05, 0) is 43.2 Å². The number of hydrogen-bond acceptors (Lipinski definition) is 7. The van der Waals surface area contributed by atoms with Crippen molar-refractivity contribution in [2.45, 2.75) is 19.8 Å². The summed E-state index contributed by atoms with van der Waals surface area (Å²) in [4.78, 5) is 44.3. The van der Waals surface area contributed by atoms with Crippen LogP contribution in [-0.4, -0.2) is 28.3 Å². The maximum Gasteiger partial charge on any atom is 0.302 e. The highest BCUT2D eigenvalue weighted by atomic mass is 32.1. The summed E-state index contributed by atoms with van der Waals surface area (Å²) in [6.07, 6.45) is 0. The van der Waals surface area contributed by atoms with Crippen LogP contribution in [0.1, 0.15) is 22.1 Å². The van der Waals surface area contributed by atoms with Gasteiger partial charge in [0.2, 0.25) is 5.78 Å². The number of carbonyl (C=O) groups is 3. The molecule has 1 fully saturated rings. The molecule has 1 aliphatic heterocycles. The van der Waals surface area contributed by atoms with Gasteiger partial charge in [0.25, 0.3) is 5.91 Å². The molecule has 2 N–H and O–H groups in total. The summed E-state index contributed by atoms with van der Waals surface area (Å²) in [7, 11) is 0. The summed E-state index contributed by atoms with van der Waals surface area (Å²) < 4.78 is 0.846. The number of aryl methyl sites for hydroxylation is 2. The number of nitrogens with zero attached hydrogens (tertiary/aromatic N) is 3. The third-order valence-electron chi connectivity index (χ3n) is 4.67. The number of imide groups is 1. The molecule has 1 atom stereocenters. The lowest BCUT2D eigenvalue weighted by atomic mass is 9.91. The topological polar surface area (TPSA) is 106 Å².